The summed E-state index contributed by atoms with van der Waals surface area (Å²) in [4.78, 5) is 0. The highest BCUT2D eigenvalue weighted by atomic mass is 32.2. The fourth-order valence-corrected chi connectivity index (χ4v) is 6.33. The van der Waals surface area contributed by atoms with Gasteiger partial charge in [0.1, 0.15) is 0 Å². The van der Waals surface area contributed by atoms with Gasteiger partial charge in [0.2, 0.25) is 10.0 Å². The Bertz CT molecular complexity index is 692. The first-order valence-corrected chi connectivity index (χ1v) is 9.36. The van der Waals surface area contributed by atoms with E-state index >= 15 is 0 Å². The Labute approximate surface area is 114 Å². The molecule has 5 nitrogen and oxygen atoms in total. The molecule has 0 saturated carbocycles. The van der Waals surface area contributed by atoms with E-state index in [4.69, 9.17) is 0 Å². The van der Waals surface area contributed by atoms with E-state index in [1.54, 1.807) is 6.07 Å². The fourth-order valence-electron chi connectivity index (χ4n) is 2.17. The zero-order valence-electron chi connectivity index (χ0n) is 10.9. The van der Waals surface area contributed by atoms with Crippen molar-refractivity contribution in [1.82, 2.24) is 0 Å². The van der Waals surface area contributed by atoms with Crippen molar-refractivity contribution in [2.45, 2.75) is 25.5 Å². The number of anilines is 1. The van der Waals surface area contributed by atoms with Gasteiger partial charge in [-0.25, -0.2) is 16.8 Å². The van der Waals surface area contributed by atoms with Crippen molar-refractivity contribution in [2.75, 3.05) is 16.2 Å². The second kappa shape index (κ2) is 4.79. The van der Waals surface area contributed by atoms with Gasteiger partial charge in [0.25, 0.3) is 0 Å². The van der Waals surface area contributed by atoms with Crippen LogP contribution < -0.4 is 4.72 Å². The number of aryl methyl sites for hydroxylation is 2. The van der Waals surface area contributed by atoms with E-state index in [0.717, 1.165) is 11.1 Å². The molecule has 0 amide bonds. The molecule has 0 bridgehead atoms. The SMILES string of the molecule is Cc1ccc(NS(=O)(=O)C2CCS(=O)(=O)C2)c(C)c1. The van der Waals surface area contributed by atoms with Crippen molar-refractivity contribution in [3.05, 3.63) is 29.3 Å². The van der Waals surface area contributed by atoms with Crippen LogP contribution in [0.4, 0.5) is 5.69 Å². The molecular formula is C12H17NO4S2. The van der Waals surface area contributed by atoms with Crippen LogP contribution in [-0.4, -0.2) is 33.6 Å². The van der Waals surface area contributed by atoms with Crippen LogP contribution in [-0.2, 0) is 19.9 Å². The van der Waals surface area contributed by atoms with Crippen molar-refractivity contribution < 1.29 is 16.8 Å². The molecule has 19 heavy (non-hydrogen) atoms. The van der Waals surface area contributed by atoms with Crippen LogP contribution >= 0.6 is 0 Å². The number of sulfone groups is 1. The van der Waals surface area contributed by atoms with Crippen LogP contribution in [0.25, 0.3) is 0 Å². The van der Waals surface area contributed by atoms with Gasteiger partial charge in [-0.1, -0.05) is 17.7 Å². The molecule has 1 unspecified atom stereocenters. The third-order valence-electron chi connectivity index (χ3n) is 3.26. The molecule has 1 fully saturated rings. The Morgan fingerprint density at radius 2 is 1.95 bits per heavy atom. The number of hydrogen-bond donors (Lipinski definition) is 1. The molecule has 1 aromatic rings. The first-order chi connectivity index (χ1) is 8.70. The van der Waals surface area contributed by atoms with E-state index in [-0.39, 0.29) is 17.9 Å². The minimum atomic E-state index is -3.65. The number of nitrogens with one attached hydrogen (secondary N) is 1. The number of hydrogen-bond acceptors (Lipinski definition) is 4. The highest BCUT2D eigenvalue weighted by molar-refractivity contribution is 7.97. The predicted molar refractivity (Wildman–Crippen MR) is 75.5 cm³/mol. The maximum absolute atomic E-state index is 12.2. The standard InChI is InChI=1S/C12H17NO4S2/c1-9-3-4-12(10(2)7-9)13-19(16,17)11-5-6-18(14,15)8-11/h3-4,7,11,13H,5-6,8H2,1-2H3. The van der Waals surface area contributed by atoms with Crippen molar-refractivity contribution in [3.63, 3.8) is 0 Å². The molecule has 0 aliphatic carbocycles. The summed E-state index contributed by atoms with van der Waals surface area (Å²) in [5, 5.41) is -0.849. The van der Waals surface area contributed by atoms with E-state index in [0.29, 0.717) is 5.69 Å². The minimum Gasteiger partial charge on any atom is -0.283 e. The molecule has 1 aliphatic rings. The van der Waals surface area contributed by atoms with Gasteiger partial charge < -0.3 is 0 Å². The summed E-state index contributed by atoms with van der Waals surface area (Å²) < 4.78 is 49.5. The Balaban J connectivity index is 2.23. The molecule has 7 heteroatoms. The van der Waals surface area contributed by atoms with Crippen molar-refractivity contribution in [1.29, 1.82) is 0 Å². The normalized spacial score (nSPS) is 22.3. The van der Waals surface area contributed by atoms with E-state index in [9.17, 15) is 16.8 Å². The highest BCUT2D eigenvalue weighted by Gasteiger charge is 2.37. The van der Waals surface area contributed by atoms with Crippen LogP contribution in [0.2, 0.25) is 0 Å². The molecule has 1 heterocycles. The third kappa shape index (κ3) is 3.27. The molecule has 1 atom stereocenters. The smallest absolute Gasteiger partial charge is 0.236 e. The van der Waals surface area contributed by atoms with Crippen LogP contribution in [0.5, 0.6) is 0 Å². The second-order valence-corrected chi connectivity index (χ2v) is 9.18. The highest BCUT2D eigenvalue weighted by Crippen LogP contribution is 2.23. The van der Waals surface area contributed by atoms with Crippen molar-refractivity contribution in [2.24, 2.45) is 0 Å². The fraction of sp³-hybridized carbons (Fsp3) is 0.500. The third-order valence-corrected chi connectivity index (χ3v) is 7.03. The Hall–Kier alpha value is -1.08. The maximum Gasteiger partial charge on any atom is 0.236 e. The van der Waals surface area contributed by atoms with E-state index in [1.165, 1.54) is 0 Å². The lowest BCUT2D eigenvalue weighted by Crippen LogP contribution is -2.29. The quantitative estimate of drug-likeness (QED) is 0.911. The van der Waals surface area contributed by atoms with Crippen LogP contribution in [0, 0.1) is 13.8 Å². The largest absolute Gasteiger partial charge is 0.283 e. The van der Waals surface area contributed by atoms with Gasteiger partial charge in [-0.3, -0.25) is 4.72 Å². The van der Waals surface area contributed by atoms with Gasteiger partial charge in [-0.05, 0) is 31.9 Å². The summed E-state index contributed by atoms with van der Waals surface area (Å²) in [6, 6.07) is 5.39. The minimum absolute atomic E-state index is 0.0501. The molecule has 0 aromatic heterocycles. The molecule has 1 aliphatic heterocycles. The maximum atomic E-state index is 12.2. The molecule has 1 saturated heterocycles. The first-order valence-electron chi connectivity index (χ1n) is 5.99. The Morgan fingerprint density at radius 1 is 1.26 bits per heavy atom. The van der Waals surface area contributed by atoms with Gasteiger partial charge in [0.15, 0.2) is 9.84 Å². The van der Waals surface area contributed by atoms with Gasteiger partial charge in [-0.2, -0.15) is 0 Å². The van der Waals surface area contributed by atoms with Crippen molar-refractivity contribution in [3.8, 4) is 0 Å². The molecule has 0 spiro atoms. The lowest BCUT2D eigenvalue weighted by atomic mass is 10.1. The molecule has 2 rings (SSSR count). The van der Waals surface area contributed by atoms with Gasteiger partial charge in [-0.15, -0.1) is 0 Å². The van der Waals surface area contributed by atoms with Crippen LogP contribution in [0.1, 0.15) is 17.5 Å². The molecule has 1 aromatic carbocycles. The lowest BCUT2D eigenvalue weighted by molar-refractivity contribution is 0.587. The van der Waals surface area contributed by atoms with Gasteiger partial charge in [0, 0.05) is 0 Å². The van der Waals surface area contributed by atoms with Gasteiger partial charge >= 0.3 is 0 Å². The number of benzene rings is 1. The zero-order chi connectivity index (χ0) is 14.3. The summed E-state index contributed by atoms with van der Waals surface area (Å²) in [5.41, 5.74) is 2.38. The zero-order valence-corrected chi connectivity index (χ0v) is 12.5. The molecule has 106 valence electrons. The average Bonchev–Trinajstić information content (AvgIpc) is 2.64. The van der Waals surface area contributed by atoms with Gasteiger partial charge in [0.05, 0.1) is 22.4 Å². The first kappa shape index (κ1) is 14.3. The lowest BCUT2D eigenvalue weighted by Gasteiger charge is -2.14. The molecule has 1 N–H and O–H groups in total. The Morgan fingerprint density at radius 3 is 2.47 bits per heavy atom. The van der Waals surface area contributed by atoms with Crippen LogP contribution in [0.3, 0.4) is 0 Å². The number of rotatable bonds is 3. The Kier molecular flexibility index (Phi) is 3.61. The predicted octanol–water partition coefficient (Wildman–Crippen LogP) is 1.23. The number of sulfonamides is 1. The molecular weight excluding hydrogens is 286 g/mol. The van der Waals surface area contributed by atoms with Crippen molar-refractivity contribution >= 4 is 25.5 Å². The summed E-state index contributed by atoms with van der Waals surface area (Å²) in [6.07, 6.45) is 0.169. The summed E-state index contributed by atoms with van der Waals surface area (Å²) in [6.45, 7) is 3.74. The van der Waals surface area contributed by atoms with E-state index in [2.05, 4.69) is 4.72 Å². The monoisotopic (exact) mass is 303 g/mol. The van der Waals surface area contributed by atoms with E-state index < -0.39 is 25.1 Å². The summed E-state index contributed by atoms with van der Waals surface area (Å²) in [5.74, 6) is -0.335. The van der Waals surface area contributed by atoms with Crippen LogP contribution in [0.15, 0.2) is 18.2 Å². The topological polar surface area (TPSA) is 80.3 Å². The second-order valence-electron chi connectivity index (χ2n) is 4.99. The molecule has 0 radical (unpaired) electrons. The van der Waals surface area contributed by atoms with E-state index in [1.807, 2.05) is 26.0 Å². The average molecular weight is 303 g/mol. The summed E-state index contributed by atoms with van der Waals surface area (Å²) >= 11 is 0. The summed E-state index contributed by atoms with van der Waals surface area (Å²) in [7, 11) is -6.86.